The number of carbonyl (C=O) groups excluding carboxylic acids is 1. The number of halogens is 1. The van der Waals surface area contributed by atoms with Crippen molar-refractivity contribution in [1.82, 2.24) is 15.3 Å². The number of hydrogen-bond donors (Lipinski definition) is 2. The monoisotopic (exact) mass is 396 g/mol. The van der Waals surface area contributed by atoms with Crippen molar-refractivity contribution in [3.63, 3.8) is 0 Å². The van der Waals surface area contributed by atoms with Crippen molar-refractivity contribution in [2.75, 3.05) is 12.1 Å². The number of aromatic nitrogens is 2. The Morgan fingerprint density at radius 3 is 2.79 bits per heavy atom. The smallest absolute Gasteiger partial charge is 0.270 e. The predicted octanol–water partition coefficient (Wildman–Crippen LogP) is 3.84. The molecular weight excluding hydrogens is 380 g/mol. The van der Waals surface area contributed by atoms with Crippen LogP contribution in [0.4, 0.5) is 11.6 Å². The second-order valence-electron chi connectivity index (χ2n) is 6.19. The Balaban J connectivity index is 1.46. The second-order valence-corrected chi connectivity index (χ2v) is 6.60. The van der Waals surface area contributed by atoms with Crippen molar-refractivity contribution in [2.24, 2.45) is 0 Å². The molecule has 2 N–H and O–H groups in total. The van der Waals surface area contributed by atoms with Gasteiger partial charge in [0.05, 0.1) is 10.7 Å². The molecule has 2 aromatic carbocycles. The minimum Gasteiger partial charge on any atom is -0.454 e. The highest BCUT2D eigenvalue weighted by atomic mass is 35.5. The van der Waals surface area contributed by atoms with E-state index in [9.17, 15) is 4.79 Å². The molecule has 7 nitrogen and oxygen atoms in total. The fourth-order valence-corrected chi connectivity index (χ4v) is 2.93. The van der Waals surface area contributed by atoms with Gasteiger partial charge in [-0.05, 0) is 42.8 Å². The number of fused-ring (bicyclic) bond motifs is 1. The van der Waals surface area contributed by atoms with Crippen molar-refractivity contribution in [3.05, 3.63) is 70.5 Å². The zero-order valence-electron chi connectivity index (χ0n) is 15.0. The largest absolute Gasteiger partial charge is 0.454 e. The number of benzene rings is 2. The minimum absolute atomic E-state index is 0.215. The molecule has 0 radical (unpaired) electrons. The van der Waals surface area contributed by atoms with E-state index in [1.54, 1.807) is 19.1 Å². The molecule has 8 heteroatoms. The van der Waals surface area contributed by atoms with Gasteiger partial charge in [0, 0.05) is 12.2 Å². The Morgan fingerprint density at radius 2 is 1.93 bits per heavy atom. The van der Waals surface area contributed by atoms with Crippen LogP contribution in [0.15, 0.2) is 48.5 Å². The van der Waals surface area contributed by atoms with E-state index in [2.05, 4.69) is 20.6 Å². The van der Waals surface area contributed by atoms with Crippen LogP contribution in [0.1, 0.15) is 21.7 Å². The molecule has 0 atom stereocenters. The van der Waals surface area contributed by atoms with Gasteiger partial charge in [0.1, 0.15) is 5.69 Å². The number of amides is 1. The van der Waals surface area contributed by atoms with Crippen molar-refractivity contribution >= 4 is 29.1 Å². The summed E-state index contributed by atoms with van der Waals surface area (Å²) in [6.45, 7) is 2.35. The van der Waals surface area contributed by atoms with Crippen molar-refractivity contribution in [2.45, 2.75) is 13.5 Å². The number of hydrogen-bond acceptors (Lipinski definition) is 6. The summed E-state index contributed by atoms with van der Waals surface area (Å²) in [5.74, 6) is 1.39. The molecule has 0 spiro atoms. The van der Waals surface area contributed by atoms with Crippen LogP contribution in [0.5, 0.6) is 11.5 Å². The van der Waals surface area contributed by atoms with Crippen LogP contribution in [-0.2, 0) is 6.54 Å². The molecule has 1 amide bonds. The molecule has 4 rings (SSSR count). The third-order valence-electron chi connectivity index (χ3n) is 4.10. The Bertz CT molecular complexity index is 1040. The zero-order chi connectivity index (χ0) is 19.5. The highest BCUT2D eigenvalue weighted by Gasteiger charge is 2.15. The third-order valence-corrected chi connectivity index (χ3v) is 4.43. The fourth-order valence-electron chi connectivity index (χ4n) is 2.75. The normalized spacial score (nSPS) is 11.9. The Labute approximate surface area is 166 Å². The molecule has 142 valence electrons. The molecular formula is C20H17ClN4O3. The van der Waals surface area contributed by atoms with Gasteiger partial charge in [-0.1, -0.05) is 29.8 Å². The van der Waals surface area contributed by atoms with Crippen LogP contribution < -0.4 is 20.1 Å². The van der Waals surface area contributed by atoms with E-state index in [0.717, 1.165) is 5.56 Å². The van der Waals surface area contributed by atoms with Crippen molar-refractivity contribution in [1.29, 1.82) is 0 Å². The summed E-state index contributed by atoms with van der Waals surface area (Å²) in [4.78, 5) is 21.2. The molecule has 1 aliphatic heterocycles. The second kappa shape index (κ2) is 7.74. The highest BCUT2D eigenvalue weighted by molar-refractivity contribution is 6.33. The quantitative estimate of drug-likeness (QED) is 0.681. The zero-order valence-corrected chi connectivity index (χ0v) is 15.8. The van der Waals surface area contributed by atoms with Gasteiger partial charge in [0.25, 0.3) is 5.91 Å². The molecule has 1 aliphatic rings. The average molecular weight is 397 g/mol. The Kier molecular flexibility index (Phi) is 4.99. The first-order chi connectivity index (χ1) is 13.6. The molecule has 2 heterocycles. The Hall–Kier alpha value is -3.32. The molecule has 28 heavy (non-hydrogen) atoms. The topological polar surface area (TPSA) is 85.4 Å². The lowest BCUT2D eigenvalue weighted by Crippen LogP contribution is -2.24. The summed E-state index contributed by atoms with van der Waals surface area (Å²) >= 11 is 6.16. The number of nitrogens with one attached hydrogen (secondary N) is 2. The SMILES string of the molecule is Cc1cc(C(=O)NCc2ccc3c(c2)OCO3)nc(Nc2ccccc2Cl)n1. The number of carbonyl (C=O) groups is 1. The van der Waals surface area contributed by atoms with E-state index in [4.69, 9.17) is 21.1 Å². The molecule has 0 unspecified atom stereocenters. The maximum atomic E-state index is 12.6. The first-order valence-electron chi connectivity index (χ1n) is 8.62. The first-order valence-corrected chi connectivity index (χ1v) is 9.00. The van der Waals surface area contributed by atoms with E-state index in [-0.39, 0.29) is 18.4 Å². The van der Waals surface area contributed by atoms with Crippen LogP contribution in [0.2, 0.25) is 5.02 Å². The van der Waals surface area contributed by atoms with Crippen LogP contribution in [0.3, 0.4) is 0 Å². The lowest BCUT2D eigenvalue weighted by atomic mass is 10.2. The summed E-state index contributed by atoms with van der Waals surface area (Å²) in [5.41, 5.74) is 2.50. The molecule has 0 saturated carbocycles. The number of anilines is 2. The standard InChI is InChI=1S/C20H17ClN4O3/c1-12-8-16(25-20(23-12)24-15-5-3-2-4-14(15)21)19(26)22-10-13-6-7-17-18(9-13)28-11-27-17/h2-9H,10-11H2,1H3,(H,22,26)(H,23,24,25). The van der Waals surface area contributed by atoms with Gasteiger partial charge in [-0.3, -0.25) is 4.79 Å². The fraction of sp³-hybridized carbons (Fsp3) is 0.150. The number of rotatable bonds is 5. The van der Waals surface area contributed by atoms with Gasteiger partial charge in [-0.15, -0.1) is 0 Å². The summed E-state index contributed by atoms with van der Waals surface area (Å²) in [7, 11) is 0. The summed E-state index contributed by atoms with van der Waals surface area (Å²) in [5, 5.41) is 6.45. The molecule has 0 saturated heterocycles. The van der Waals surface area contributed by atoms with Crippen LogP contribution in [0, 0.1) is 6.92 Å². The maximum Gasteiger partial charge on any atom is 0.270 e. The molecule has 0 bridgehead atoms. The van der Waals surface area contributed by atoms with E-state index in [0.29, 0.717) is 40.4 Å². The highest BCUT2D eigenvalue weighted by Crippen LogP contribution is 2.32. The van der Waals surface area contributed by atoms with E-state index >= 15 is 0 Å². The van der Waals surface area contributed by atoms with Gasteiger partial charge in [-0.2, -0.15) is 0 Å². The lowest BCUT2D eigenvalue weighted by molar-refractivity contribution is 0.0945. The molecule has 0 aliphatic carbocycles. The number of nitrogens with zero attached hydrogens (tertiary/aromatic N) is 2. The number of aryl methyl sites for hydroxylation is 1. The van der Waals surface area contributed by atoms with Crippen LogP contribution in [0.25, 0.3) is 0 Å². The number of ether oxygens (including phenoxy) is 2. The summed E-state index contributed by atoms with van der Waals surface area (Å²) in [6.07, 6.45) is 0. The number of para-hydroxylation sites is 1. The van der Waals surface area contributed by atoms with Gasteiger partial charge < -0.3 is 20.1 Å². The third kappa shape index (κ3) is 3.99. The average Bonchev–Trinajstić information content (AvgIpc) is 3.15. The Morgan fingerprint density at radius 1 is 1.11 bits per heavy atom. The maximum absolute atomic E-state index is 12.6. The minimum atomic E-state index is -0.301. The van der Waals surface area contributed by atoms with Crippen molar-refractivity contribution in [3.8, 4) is 11.5 Å². The van der Waals surface area contributed by atoms with E-state index in [1.807, 2.05) is 36.4 Å². The molecule has 3 aromatic rings. The van der Waals surface area contributed by atoms with Gasteiger partial charge in [0.2, 0.25) is 12.7 Å². The van der Waals surface area contributed by atoms with E-state index < -0.39 is 0 Å². The van der Waals surface area contributed by atoms with Gasteiger partial charge >= 0.3 is 0 Å². The van der Waals surface area contributed by atoms with Gasteiger partial charge in [0.15, 0.2) is 11.5 Å². The molecule has 0 fully saturated rings. The van der Waals surface area contributed by atoms with E-state index in [1.165, 1.54) is 0 Å². The predicted molar refractivity (Wildman–Crippen MR) is 105 cm³/mol. The summed E-state index contributed by atoms with van der Waals surface area (Å²) in [6, 6.07) is 14.4. The van der Waals surface area contributed by atoms with Gasteiger partial charge in [-0.25, -0.2) is 9.97 Å². The van der Waals surface area contributed by atoms with Crippen molar-refractivity contribution < 1.29 is 14.3 Å². The first kappa shape index (κ1) is 18.1. The lowest BCUT2D eigenvalue weighted by Gasteiger charge is -2.10. The van der Waals surface area contributed by atoms with Crippen LogP contribution >= 0.6 is 11.6 Å². The summed E-state index contributed by atoms with van der Waals surface area (Å²) < 4.78 is 10.6. The molecule has 1 aromatic heterocycles. The van der Waals surface area contributed by atoms with Crippen LogP contribution in [-0.4, -0.2) is 22.7 Å².